The van der Waals surface area contributed by atoms with E-state index in [1.807, 2.05) is 31.2 Å². The average molecular weight is 475 g/mol. The summed E-state index contributed by atoms with van der Waals surface area (Å²) >= 11 is 0. The van der Waals surface area contributed by atoms with Crippen molar-refractivity contribution in [3.63, 3.8) is 0 Å². The Morgan fingerprint density at radius 2 is 1.94 bits per heavy atom. The zero-order chi connectivity index (χ0) is 24.9. The number of carbonyl (C=O) groups is 1. The van der Waals surface area contributed by atoms with Crippen molar-refractivity contribution in [2.75, 3.05) is 19.8 Å². The molecule has 1 aliphatic rings. The molecule has 1 N–H and O–H groups in total. The molecule has 1 fully saturated rings. The maximum atomic E-state index is 11.3. The van der Waals surface area contributed by atoms with Crippen LogP contribution < -0.4 is 10.1 Å². The van der Waals surface area contributed by atoms with Crippen LogP contribution in [0.25, 0.3) is 0 Å². The monoisotopic (exact) mass is 474 g/mol. The van der Waals surface area contributed by atoms with Crippen LogP contribution in [0, 0.1) is 23.0 Å². The summed E-state index contributed by atoms with van der Waals surface area (Å²) in [6.07, 6.45) is 18.8. The third-order valence-electron chi connectivity index (χ3n) is 5.45. The van der Waals surface area contributed by atoms with Gasteiger partial charge in [-0.15, -0.1) is 10.1 Å². The number of hydrogen-bond donors (Lipinski definition) is 1. The Morgan fingerprint density at radius 1 is 1.15 bits per heavy atom. The van der Waals surface area contributed by atoms with Crippen molar-refractivity contribution in [1.82, 2.24) is 5.32 Å². The van der Waals surface area contributed by atoms with E-state index in [1.54, 1.807) is 0 Å². The lowest BCUT2D eigenvalue weighted by Crippen LogP contribution is -2.24. The van der Waals surface area contributed by atoms with Gasteiger partial charge in [-0.2, -0.15) is 0 Å². The summed E-state index contributed by atoms with van der Waals surface area (Å²) in [6.45, 7) is 5.46. The van der Waals surface area contributed by atoms with Gasteiger partial charge in [-0.25, -0.2) is 0 Å². The molecule has 0 heterocycles. The lowest BCUT2D eigenvalue weighted by Gasteiger charge is -2.05. The topological polar surface area (TPSA) is 90.7 Å². The lowest BCUT2D eigenvalue weighted by atomic mass is 10.1. The minimum absolute atomic E-state index is 0.0321. The molecule has 0 unspecified atom stereocenters. The third-order valence-corrected chi connectivity index (χ3v) is 5.45. The minimum Gasteiger partial charge on any atom is -0.493 e. The van der Waals surface area contributed by atoms with Gasteiger partial charge in [0.15, 0.2) is 0 Å². The molecule has 0 radical (unpaired) electrons. The van der Waals surface area contributed by atoms with Gasteiger partial charge in [0.1, 0.15) is 5.75 Å². The van der Waals surface area contributed by atoms with Crippen LogP contribution in [0.2, 0.25) is 0 Å². The van der Waals surface area contributed by atoms with Gasteiger partial charge in [0, 0.05) is 13.0 Å². The highest BCUT2D eigenvalue weighted by Gasteiger charge is 2.10. The van der Waals surface area contributed by atoms with Gasteiger partial charge >= 0.3 is 0 Å². The highest BCUT2D eigenvalue weighted by atomic mass is 16.9. The minimum atomic E-state index is -0.806. The van der Waals surface area contributed by atoms with Crippen LogP contribution >= 0.6 is 0 Å². The summed E-state index contributed by atoms with van der Waals surface area (Å²) in [5, 5.41) is 11.8. The lowest BCUT2D eigenvalue weighted by molar-refractivity contribution is -0.757. The van der Waals surface area contributed by atoms with Gasteiger partial charge in [-0.3, -0.25) is 4.79 Å². The predicted octanol–water partition coefficient (Wildman–Crippen LogP) is 6.35. The second-order valence-electron chi connectivity index (χ2n) is 8.50. The third kappa shape index (κ3) is 16.8. The number of carbonyl (C=O) groups excluding carboxylic acids is 1. The van der Waals surface area contributed by atoms with Crippen molar-refractivity contribution in [2.45, 2.75) is 78.1 Å². The van der Waals surface area contributed by atoms with Crippen LogP contribution in [0.1, 0.15) is 76.7 Å². The van der Waals surface area contributed by atoms with E-state index in [9.17, 15) is 14.9 Å². The van der Waals surface area contributed by atoms with E-state index in [0.29, 0.717) is 25.8 Å². The highest BCUT2D eigenvalue weighted by Crippen LogP contribution is 2.25. The number of aryl methyl sites for hydroxylation is 1. The fraction of sp³-hybridized carbons (Fsp3) is 0.593. The van der Waals surface area contributed by atoms with E-state index in [4.69, 9.17) is 4.74 Å². The summed E-state index contributed by atoms with van der Waals surface area (Å²) in [6, 6.07) is 8.24. The fourth-order valence-electron chi connectivity index (χ4n) is 3.62. The van der Waals surface area contributed by atoms with Crippen LogP contribution in [0.3, 0.4) is 0 Å². The van der Waals surface area contributed by atoms with Crippen molar-refractivity contribution in [2.24, 2.45) is 5.92 Å². The second-order valence-corrected chi connectivity index (χ2v) is 8.50. The molecule has 1 saturated carbocycles. The number of rotatable bonds is 15. The maximum absolute atomic E-state index is 11.3. The fourth-order valence-corrected chi connectivity index (χ4v) is 3.62. The molecular formula is C27H42N2O5. The number of hydrogen-bond acceptors (Lipinski definition) is 5. The molecule has 1 aromatic carbocycles. The van der Waals surface area contributed by atoms with E-state index in [0.717, 1.165) is 37.5 Å². The standard InChI is InChI=1S/C16H22O.C11H20N2O4/c1-14-7-6-11-16(13-14)17-12-5-4-10-15-8-2-3-9-15;1-2-3-4-5-8-11(14)12-9-6-7-10-17-13(15)16/h4,6-7,10-11,13,15H,2-3,5,8-9,12H2,1H3;2-3H,4-10H2,1H3,(H,12,14)/b10-4+;3-2-. The summed E-state index contributed by atoms with van der Waals surface area (Å²) < 4.78 is 5.70. The van der Waals surface area contributed by atoms with E-state index in [1.165, 1.54) is 31.2 Å². The van der Waals surface area contributed by atoms with E-state index in [2.05, 4.69) is 41.4 Å². The van der Waals surface area contributed by atoms with Crippen molar-refractivity contribution in [3.05, 3.63) is 64.2 Å². The summed E-state index contributed by atoms with van der Waals surface area (Å²) in [5.41, 5.74) is 1.25. The number of allylic oxidation sites excluding steroid dienone is 3. The molecule has 1 amide bonds. The van der Waals surface area contributed by atoms with Gasteiger partial charge in [0.2, 0.25) is 5.91 Å². The molecule has 1 aromatic rings. The van der Waals surface area contributed by atoms with Crippen LogP contribution in [-0.2, 0) is 9.63 Å². The maximum Gasteiger partial charge on any atom is 0.294 e. The Hall–Kier alpha value is -2.83. The Balaban J connectivity index is 0.000000340. The summed E-state index contributed by atoms with van der Waals surface area (Å²) in [5.74, 6) is 1.86. The predicted molar refractivity (Wildman–Crippen MR) is 136 cm³/mol. The molecule has 0 aliphatic heterocycles. The molecule has 2 rings (SSSR count). The Morgan fingerprint density at radius 3 is 2.65 bits per heavy atom. The molecule has 190 valence electrons. The van der Waals surface area contributed by atoms with Gasteiger partial charge in [0.25, 0.3) is 5.09 Å². The highest BCUT2D eigenvalue weighted by molar-refractivity contribution is 5.75. The quantitative estimate of drug-likeness (QED) is 0.138. The second kappa shape index (κ2) is 19.6. The van der Waals surface area contributed by atoms with Gasteiger partial charge in [0.05, 0.1) is 13.2 Å². The normalized spacial score (nSPS) is 13.6. The van der Waals surface area contributed by atoms with Gasteiger partial charge in [-0.05, 0) is 82.4 Å². The molecule has 0 spiro atoms. The molecule has 1 aliphatic carbocycles. The van der Waals surface area contributed by atoms with E-state index >= 15 is 0 Å². The smallest absolute Gasteiger partial charge is 0.294 e. The zero-order valence-corrected chi connectivity index (χ0v) is 20.9. The Bertz CT molecular complexity index is 742. The number of amides is 1. The van der Waals surface area contributed by atoms with Gasteiger partial charge in [-0.1, -0.05) is 49.3 Å². The number of benzene rings is 1. The largest absolute Gasteiger partial charge is 0.493 e. The number of nitrogens with zero attached hydrogens (tertiary/aromatic N) is 1. The zero-order valence-electron chi connectivity index (χ0n) is 20.9. The Kier molecular flexibility index (Phi) is 16.9. The molecule has 34 heavy (non-hydrogen) atoms. The average Bonchev–Trinajstić information content (AvgIpc) is 3.33. The van der Waals surface area contributed by atoms with Crippen LogP contribution in [0.15, 0.2) is 48.6 Å². The first kappa shape index (κ1) is 29.2. The number of ether oxygens (including phenoxy) is 1. The number of nitrogens with one attached hydrogen (secondary N) is 1. The molecule has 0 bridgehead atoms. The SMILES string of the molecule is C/C=C\CCCC(=O)NCCCCO[N+](=O)[O-].Cc1cccc(OCC/C=C/C2CCCC2)c1. The van der Waals surface area contributed by atoms with Crippen LogP contribution in [0.4, 0.5) is 0 Å². The van der Waals surface area contributed by atoms with Crippen molar-refractivity contribution in [1.29, 1.82) is 0 Å². The van der Waals surface area contributed by atoms with Crippen molar-refractivity contribution in [3.8, 4) is 5.75 Å². The molecule has 7 heteroatoms. The number of unbranched alkanes of at least 4 members (excludes halogenated alkanes) is 2. The molecule has 0 aromatic heterocycles. The first-order valence-corrected chi connectivity index (χ1v) is 12.5. The molecule has 0 atom stereocenters. The summed E-state index contributed by atoms with van der Waals surface area (Å²) in [7, 11) is 0. The van der Waals surface area contributed by atoms with E-state index < -0.39 is 5.09 Å². The van der Waals surface area contributed by atoms with Crippen LogP contribution in [-0.4, -0.2) is 30.8 Å². The first-order chi connectivity index (χ1) is 16.5. The molecular weight excluding hydrogens is 432 g/mol. The van der Waals surface area contributed by atoms with Crippen molar-refractivity contribution >= 4 is 5.91 Å². The Labute approximate surface area is 204 Å². The van der Waals surface area contributed by atoms with Crippen LogP contribution in [0.5, 0.6) is 5.75 Å². The van der Waals surface area contributed by atoms with Gasteiger partial charge < -0.3 is 14.9 Å². The molecule has 7 nitrogen and oxygen atoms in total. The van der Waals surface area contributed by atoms with Crippen molar-refractivity contribution < 1.29 is 19.5 Å². The van der Waals surface area contributed by atoms with E-state index in [-0.39, 0.29) is 12.5 Å². The molecule has 0 saturated heterocycles. The first-order valence-electron chi connectivity index (χ1n) is 12.5. The summed E-state index contributed by atoms with van der Waals surface area (Å²) in [4.78, 5) is 25.2.